The second-order valence-electron chi connectivity index (χ2n) is 4.38. The summed E-state index contributed by atoms with van der Waals surface area (Å²) in [5, 5.41) is 0. The quantitative estimate of drug-likeness (QED) is 0.862. The highest BCUT2D eigenvalue weighted by Gasteiger charge is 2.32. The molecule has 2 aromatic carbocycles. The van der Waals surface area contributed by atoms with Crippen molar-refractivity contribution in [3.8, 4) is 11.5 Å². The van der Waals surface area contributed by atoms with Crippen LogP contribution in [0.5, 0.6) is 11.5 Å². The highest BCUT2D eigenvalue weighted by atomic mass is 32.2. The van der Waals surface area contributed by atoms with E-state index in [0.29, 0.717) is 11.8 Å². The zero-order chi connectivity index (χ0) is 15.7. The fourth-order valence-electron chi connectivity index (χ4n) is 1.63. The van der Waals surface area contributed by atoms with Gasteiger partial charge in [0.25, 0.3) is 0 Å². The van der Waals surface area contributed by atoms with E-state index in [2.05, 4.69) is 0 Å². The number of hydrogen-bond donors (Lipinski definition) is 0. The molecular formula is C14H11F3O3S. The van der Waals surface area contributed by atoms with Crippen LogP contribution < -0.4 is 4.74 Å². The Morgan fingerprint density at radius 1 is 0.952 bits per heavy atom. The molecule has 0 aliphatic carbocycles. The van der Waals surface area contributed by atoms with Crippen LogP contribution in [0, 0.1) is 0 Å². The van der Waals surface area contributed by atoms with Crippen LogP contribution in [0.25, 0.3) is 0 Å². The average molecular weight is 316 g/mol. The third kappa shape index (κ3) is 3.98. The summed E-state index contributed by atoms with van der Waals surface area (Å²) in [5.41, 5.74) is -1.07. The molecule has 0 aromatic heterocycles. The van der Waals surface area contributed by atoms with Gasteiger partial charge in [0.2, 0.25) is 0 Å². The molecule has 0 aliphatic rings. The summed E-state index contributed by atoms with van der Waals surface area (Å²) in [6.45, 7) is 0. The number of alkyl halides is 3. The van der Waals surface area contributed by atoms with Gasteiger partial charge in [0.05, 0.1) is 10.5 Å². The topological polar surface area (TPSA) is 43.4 Å². The number of ether oxygens (including phenoxy) is 1. The van der Waals surface area contributed by atoms with Crippen molar-refractivity contribution in [1.82, 2.24) is 0 Å². The van der Waals surface area contributed by atoms with E-state index in [1.165, 1.54) is 0 Å². The molecule has 0 spiro atoms. The first-order valence-electron chi connectivity index (χ1n) is 5.81. The van der Waals surface area contributed by atoms with E-state index < -0.39 is 26.5 Å². The zero-order valence-electron chi connectivity index (χ0n) is 10.9. The van der Waals surface area contributed by atoms with E-state index in [4.69, 9.17) is 4.74 Å². The van der Waals surface area contributed by atoms with Crippen LogP contribution in [0.1, 0.15) is 5.56 Å². The lowest BCUT2D eigenvalue weighted by Crippen LogP contribution is -2.08. The van der Waals surface area contributed by atoms with Crippen LogP contribution in [0.2, 0.25) is 0 Å². The minimum atomic E-state index is -4.66. The predicted molar refractivity (Wildman–Crippen MR) is 71.1 cm³/mol. The maximum Gasteiger partial charge on any atom is 0.416 e. The summed E-state index contributed by atoms with van der Waals surface area (Å²) in [4.78, 5) is -0.441. The minimum absolute atomic E-state index is 0.184. The molecule has 0 bridgehead atoms. The van der Waals surface area contributed by atoms with Crippen molar-refractivity contribution in [2.24, 2.45) is 0 Å². The molecule has 0 heterocycles. The van der Waals surface area contributed by atoms with E-state index in [0.717, 1.165) is 18.4 Å². The highest BCUT2D eigenvalue weighted by Crippen LogP contribution is 2.35. The Kier molecular flexibility index (Phi) is 3.95. The molecule has 2 rings (SSSR count). The Morgan fingerprint density at radius 2 is 1.57 bits per heavy atom. The van der Waals surface area contributed by atoms with Gasteiger partial charge in [0, 0.05) is 6.26 Å². The molecule has 0 atom stereocenters. The fourth-order valence-corrected chi connectivity index (χ4v) is 2.30. The summed E-state index contributed by atoms with van der Waals surface area (Å²) in [6, 6.07) is 10.6. The minimum Gasteiger partial charge on any atom is -0.457 e. The van der Waals surface area contributed by atoms with Gasteiger partial charge in [-0.25, -0.2) is 8.42 Å². The Hall–Kier alpha value is -2.02. The maximum absolute atomic E-state index is 12.8. The molecule has 112 valence electrons. The largest absolute Gasteiger partial charge is 0.457 e. The first-order valence-corrected chi connectivity index (χ1v) is 7.71. The first-order chi connectivity index (χ1) is 9.66. The van der Waals surface area contributed by atoms with Gasteiger partial charge in [-0.3, -0.25) is 0 Å². The third-order valence-electron chi connectivity index (χ3n) is 2.61. The van der Waals surface area contributed by atoms with Crippen molar-refractivity contribution in [2.75, 3.05) is 6.26 Å². The van der Waals surface area contributed by atoms with E-state index in [1.807, 2.05) is 0 Å². The van der Waals surface area contributed by atoms with Crippen LogP contribution in [-0.4, -0.2) is 14.7 Å². The van der Waals surface area contributed by atoms with Crippen molar-refractivity contribution in [3.05, 3.63) is 54.1 Å². The Balaban J connectivity index is 2.51. The molecule has 3 nitrogen and oxygen atoms in total. The average Bonchev–Trinajstić information content (AvgIpc) is 2.37. The van der Waals surface area contributed by atoms with Crippen LogP contribution in [0.15, 0.2) is 53.4 Å². The fraction of sp³-hybridized carbons (Fsp3) is 0.143. The summed E-state index contributed by atoms with van der Waals surface area (Å²) in [7, 11) is -3.78. The van der Waals surface area contributed by atoms with Gasteiger partial charge in [-0.1, -0.05) is 18.2 Å². The molecule has 0 aliphatic heterocycles. The zero-order valence-corrected chi connectivity index (χ0v) is 11.7. The Morgan fingerprint density at radius 3 is 2.10 bits per heavy atom. The summed E-state index contributed by atoms with van der Waals surface area (Å²) in [6.07, 6.45) is -3.82. The molecule has 0 saturated heterocycles. The molecule has 0 unspecified atom stereocenters. The molecule has 0 amide bonds. The van der Waals surface area contributed by atoms with Gasteiger partial charge in [0.1, 0.15) is 11.5 Å². The van der Waals surface area contributed by atoms with Gasteiger partial charge in [-0.2, -0.15) is 13.2 Å². The van der Waals surface area contributed by atoms with Crippen molar-refractivity contribution < 1.29 is 26.3 Å². The summed E-state index contributed by atoms with van der Waals surface area (Å²) >= 11 is 0. The standard InChI is InChI=1S/C14H11F3O3S/c1-21(18,19)13-8-10(14(15,16)17)7-12(9-13)20-11-5-3-2-4-6-11/h2-9H,1H3. The van der Waals surface area contributed by atoms with E-state index in [9.17, 15) is 21.6 Å². The Labute approximate surface area is 119 Å². The van der Waals surface area contributed by atoms with Crippen molar-refractivity contribution in [1.29, 1.82) is 0 Å². The normalized spacial score (nSPS) is 12.2. The van der Waals surface area contributed by atoms with Crippen LogP contribution >= 0.6 is 0 Å². The van der Waals surface area contributed by atoms with Gasteiger partial charge in [0.15, 0.2) is 9.84 Å². The monoisotopic (exact) mass is 316 g/mol. The molecule has 0 fully saturated rings. The predicted octanol–water partition coefficient (Wildman–Crippen LogP) is 3.90. The van der Waals surface area contributed by atoms with Crippen LogP contribution in [0.3, 0.4) is 0 Å². The highest BCUT2D eigenvalue weighted by molar-refractivity contribution is 7.90. The molecule has 0 radical (unpaired) electrons. The lowest BCUT2D eigenvalue weighted by Gasteiger charge is -2.12. The third-order valence-corrected chi connectivity index (χ3v) is 3.71. The van der Waals surface area contributed by atoms with E-state index >= 15 is 0 Å². The summed E-state index contributed by atoms with van der Waals surface area (Å²) < 4.78 is 66.7. The number of sulfone groups is 1. The van der Waals surface area contributed by atoms with Crippen molar-refractivity contribution in [2.45, 2.75) is 11.1 Å². The SMILES string of the molecule is CS(=O)(=O)c1cc(Oc2ccccc2)cc(C(F)(F)F)c1. The van der Waals surface area contributed by atoms with Crippen molar-refractivity contribution >= 4 is 9.84 Å². The Bertz CT molecular complexity index is 738. The number of benzene rings is 2. The van der Waals surface area contributed by atoms with Crippen LogP contribution in [0.4, 0.5) is 13.2 Å². The second-order valence-corrected chi connectivity index (χ2v) is 6.39. The molecule has 21 heavy (non-hydrogen) atoms. The van der Waals surface area contributed by atoms with Crippen LogP contribution in [-0.2, 0) is 16.0 Å². The molecular weight excluding hydrogens is 305 g/mol. The van der Waals surface area contributed by atoms with Gasteiger partial charge in [-0.05, 0) is 30.3 Å². The van der Waals surface area contributed by atoms with Gasteiger partial charge in [-0.15, -0.1) is 0 Å². The smallest absolute Gasteiger partial charge is 0.416 e. The van der Waals surface area contributed by atoms with Crippen molar-refractivity contribution in [3.63, 3.8) is 0 Å². The molecule has 7 heteroatoms. The second kappa shape index (κ2) is 5.40. The van der Waals surface area contributed by atoms with Gasteiger partial charge >= 0.3 is 6.18 Å². The number of hydrogen-bond acceptors (Lipinski definition) is 3. The molecule has 0 N–H and O–H groups in total. The number of halogens is 3. The van der Waals surface area contributed by atoms with Gasteiger partial charge < -0.3 is 4.74 Å². The number of rotatable bonds is 3. The lowest BCUT2D eigenvalue weighted by atomic mass is 10.2. The van der Waals surface area contributed by atoms with E-state index in [1.54, 1.807) is 30.3 Å². The maximum atomic E-state index is 12.8. The van der Waals surface area contributed by atoms with E-state index in [-0.39, 0.29) is 5.75 Å². The molecule has 2 aromatic rings. The lowest BCUT2D eigenvalue weighted by molar-refractivity contribution is -0.137. The first kappa shape index (κ1) is 15.4. The number of para-hydroxylation sites is 1. The molecule has 0 saturated carbocycles. The summed E-state index contributed by atoms with van der Waals surface area (Å²) in [5.74, 6) is 0.132.